The molecule has 0 aliphatic heterocycles. The fourth-order valence-corrected chi connectivity index (χ4v) is 1.36. The Kier molecular flexibility index (Phi) is 2.97. The van der Waals surface area contributed by atoms with Crippen LogP contribution in [0.3, 0.4) is 0 Å². The molecule has 1 heterocycles. The van der Waals surface area contributed by atoms with Gasteiger partial charge in [-0.2, -0.15) is 5.10 Å². The smallest absolute Gasteiger partial charge is 0.201 e. The zero-order chi connectivity index (χ0) is 10.9. The Morgan fingerprint density at radius 2 is 2.29 bits per heavy atom. The number of nitrogens with zero attached hydrogens (tertiary/aromatic N) is 2. The van der Waals surface area contributed by atoms with Crippen molar-refractivity contribution in [3.63, 3.8) is 0 Å². The van der Waals surface area contributed by atoms with Crippen LogP contribution in [0.1, 0.15) is 31.3 Å². The number of ketones is 1. The van der Waals surface area contributed by atoms with Crippen molar-refractivity contribution in [3.8, 4) is 0 Å². The molecule has 0 radical (unpaired) electrons. The van der Waals surface area contributed by atoms with Gasteiger partial charge >= 0.3 is 0 Å². The molecule has 78 valence electrons. The lowest BCUT2D eigenvalue weighted by atomic mass is 9.98. The molecular formula is C9H14ClN3O. The summed E-state index contributed by atoms with van der Waals surface area (Å²) >= 11 is 5.86. The Hall–Kier alpha value is -0.870. The third kappa shape index (κ3) is 1.96. The summed E-state index contributed by atoms with van der Waals surface area (Å²) in [7, 11) is 0. The number of nitrogens with two attached hydrogens (primary N) is 1. The molecule has 1 aromatic rings. The van der Waals surface area contributed by atoms with E-state index in [4.69, 9.17) is 17.3 Å². The van der Waals surface area contributed by atoms with E-state index < -0.39 is 5.54 Å². The molecule has 1 aromatic heterocycles. The predicted molar refractivity (Wildman–Crippen MR) is 55.5 cm³/mol. The summed E-state index contributed by atoms with van der Waals surface area (Å²) in [5, 5.41) is 4.33. The van der Waals surface area contributed by atoms with Crippen molar-refractivity contribution in [2.24, 2.45) is 5.73 Å². The van der Waals surface area contributed by atoms with Gasteiger partial charge in [-0.25, -0.2) is 0 Å². The minimum atomic E-state index is -0.920. The van der Waals surface area contributed by atoms with E-state index in [1.54, 1.807) is 18.5 Å². The molecule has 1 rings (SSSR count). The number of aromatic nitrogens is 2. The molecule has 0 fully saturated rings. The van der Waals surface area contributed by atoms with Gasteiger partial charge in [-0.15, -0.1) is 0 Å². The molecule has 0 saturated heterocycles. The molecular weight excluding hydrogens is 202 g/mol. The van der Waals surface area contributed by atoms with Gasteiger partial charge in [0.2, 0.25) is 5.78 Å². The van der Waals surface area contributed by atoms with Crippen LogP contribution in [0, 0.1) is 0 Å². The fourth-order valence-electron chi connectivity index (χ4n) is 1.13. The Labute approximate surface area is 88.0 Å². The zero-order valence-electron chi connectivity index (χ0n) is 8.54. The van der Waals surface area contributed by atoms with E-state index in [0.717, 1.165) is 0 Å². The van der Waals surface area contributed by atoms with Crippen molar-refractivity contribution in [2.45, 2.75) is 32.9 Å². The monoisotopic (exact) mass is 215 g/mol. The van der Waals surface area contributed by atoms with Crippen LogP contribution in [0.5, 0.6) is 0 Å². The Morgan fingerprint density at radius 3 is 2.71 bits per heavy atom. The number of aryl methyl sites for hydroxylation is 1. The van der Waals surface area contributed by atoms with E-state index in [-0.39, 0.29) is 5.78 Å². The van der Waals surface area contributed by atoms with E-state index in [1.807, 2.05) is 6.92 Å². The van der Waals surface area contributed by atoms with E-state index in [9.17, 15) is 4.79 Å². The number of hydrogen-bond acceptors (Lipinski definition) is 3. The van der Waals surface area contributed by atoms with E-state index in [1.165, 1.54) is 6.20 Å². The summed E-state index contributed by atoms with van der Waals surface area (Å²) in [6.45, 7) is 5.80. The molecule has 0 atom stereocenters. The van der Waals surface area contributed by atoms with Crippen molar-refractivity contribution in [1.29, 1.82) is 0 Å². The third-order valence-electron chi connectivity index (χ3n) is 1.89. The quantitative estimate of drug-likeness (QED) is 0.777. The second-order valence-corrected chi connectivity index (χ2v) is 4.11. The molecule has 0 spiro atoms. The molecule has 0 amide bonds. The van der Waals surface area contributed by atoms with Crippen LogP contribution in [0.4, 0.5) is 0 Å². The second kappa shape index (κ2) is 3.71. The highest BCUT2D eigenvalue weighted by atomic mass is 35.5. The lowest BCUT2D eigenvalue weighted by Gasteiger charge is -2.17. The van der Waals surface area contributed by atoms with Crippen LogP contribution in [0.2, 0.25) is 5.02 Å². The molecule has 0 aliphatic carbocycles. The number of hydrogen-bond donors (Lipinski definition) is 1. The topological polar surface area (TPSA) is 60.9 Å². The number of halogens is 1. The average Bonchev–Trinajstić information content (AvgIpc) is 2.43. The van der Waals surface area contributed by atoms with Crippen molar-refractivity contribution in [3.05, 3.63) is 16.9 Å². The number of rotatable bonds is 3. The van der Waals surface area contributed by atoms with E-state index in [2.05, 4.69) is 5.10 Å². The van der Waals surface area contributed by atoms with Gasteiger partial charge in [-0.1, -0.05) is 11.6 Å². The highest BCUT2D eigenvalue weighted by molar-refractivity contribution is 6.34. The SMILES string of the molecule is CCn1ncc(Cl)c1C(=O)C(C)(C)N. The van der Waals surface area contributed by atoms with E-state index >= 15 is 0 Å². The van der Waals surface area contributed by atoms with Gasteiger partial charge in [0, 0.05) is 6.54 Å². The van der Waals surface area contributed by atoms with Gasteiger partial charge in [-0.3, -0.25) is 9.48 Å². The first-order chi connectivity index (χ1) is 6.38. The van der Waals surface area contributed by atoms with Crippen LogP contribution < -0.4 is 5.73 Å². The Balaban J connectivity index is 3.18. The third-order valence-corrected chi connectivity index (χ3v) is 2.17. The highest BCUT2D eigenvalue weighted by Gasteiger charge is 2.28. The first-order valence-corrected chi connectivity index (χ1v) is 4.80. The van der Waals surface area contributed by atoms with Gasteiger partial charge in [0.05, 0.1) is 16.8 Å². The van der Waals surface area contributed by atoms with E-state index in [0.29, 0.717) is 17.3 Å². The summed E-state index contributed by atoms with van der Waals surface area (Å²) in [5.41, 5.74) is 5.18. The number of Topliss-reactive ketones (excluding diaryl/α,β-unsaturated/α-hetero) is 1. The maximum Gasteiger partial charge on any atom is 0.201 e. The maximum absolute atomic E-state index is 11.9. The van der Waals surface area contributed by atoms with Crippen LogP contribution in [0.25, 0.3) is 0 Å². The summed E-state index contributed by atoms with van der Waals surface area (Å²) in [4.78, 5) is 11.9. The van der Waals surface area contributed by atoms with Gasteiger partial charge in [0.25, 0.3) is 0 Å². The second-order valence-electron chi connectivity index (χ2n) is 3.71. The molecule has 0 bridgehead atoms. The van der Waals surface area contributed by atoms with Gasteiger partial charge in [0.1, 0.15) is 5.69 Å². The molecule has 14 heavy (non-hydrogen) atoms. The molecule has 5 heteroatoms. The lowest BCUT2D eigenvalue weighted by Crippen LogP contribution is -2.42. The van der Waals surface area contributed by atoms with Crippen LogP contribution in [-0.2, 0) is 6.54 Å². The highest BCUT2D eigenvalue weighted by Crippen LogP contribution is 2.19. The molecule has 2 N–H and O–H groups in total. The van der Waals surface area contributed by atoms with Gasteiger partial charge in [0.15, 0.2) is 0 Å². The van der Waals surface area contributed by atoms with Crippen LogP contribution in [0.15, 0.2) is 6.20 Å². The zero-order valence-corrected chi connectivity index (χ0v) is 9.30. The summed E-state index contributed by atoms with van der Waals surface area (Å²) in [6, 6.07) is 0. The molecule has 0 aliphatic rings. The summed E-state index contributed by atoms with van der Waals surface area (Å²) in [6.07, 6.45) is 1.46. The molecule has 0 saturated carbocycles. The molecule has 0 aromatic carbocycles. The molecule has 0 unspecified atom stereocenters. The fraction of sp³-hybridized carbons (Fsp3) is 0.556. The van der Waals surface area contributed by atoms with Crippen molar-refractivity contribution < 1.29 is 4.79 Å². The minimum Gasteiger partial charge on any atom is -0.319 e. The molecule has 4 nitrogen and oxygen atoms in total. The predicted octanol–water partition coefficient (Wildman–Crippen LogP) is 1.48. The van der Waals surface area contributed by atoms with Gasteiger partial charge in [-0.05, 0) is 20.8 Å². The Morgan fingerprint density at radius 1 is 1.71 bits per heavy atom. The summed E-state index contributed by atoms with van der Waals surface area (Å²) in [5.74, 6) is -0.193. The normalized spacial score (nSPS) is 11.8. The number of carbonyl (C=O) groups is 1. The maximum atomic E-state index is 11.9. The van der Waals surface area contributed by atoms with Gasteiger partial charge < -0.3 is 5.73 Å². The Bertz CT molecular complexity index is 351. The summed E-state index contributed by atoms with van der Waals surface area (Å²) < 4.78 is 1.55. The first kappa shape index (κ1) is 11.2. The largest absolute Gasteiger partial charge is 0.319 e. The van der Waals surface area contributed by atoms with Crippen LogP contribution >= 0.6 is 11.6 Å². The lowest BCUT2D eigenvalue weighted by molar-refractivity contribution is 0.0902. The van der Waals surface area contributed by atoms with Crippen molar-refractivity contribution in [1.82, 2.24) is 9.78 Å². The standard InChI is InChI=1S/C9H14ClN3O/c1-4-13-7(6(10)5-12-13)8(14)9(2,3)11/h5H,4,11H2,1-3H3. The van der Waals surface area contributed by atoms with Crippen molar-refractivity contribution >= 4 is 17.4 Å². The minimum absolute atomic E-state index is 0.193. The number of carbonyl (C=O) groups excluding carboxylic acids is 1. The van der Waals surface area contributed by atoms with Crippen LogP contribution in [-0.4, -0.2) is 21.1 Å². The first-order valence-electron chi connectivity index (χ1n) is 4.43. The average molecular weight is 216 g/mol. The van der Waals surface area contributed by atoms with Crippen molar-refractivity contribution in [2.75, 3.05) is 0 Å².